The second kappa shape index (κ2) is 8.46. The van der Waals surface area contributed by atoms with Crippen molar-refractivity contribution < 1.29 is 0 Å². The Bertz CT molecular complexity index is 140. The van der Waals surface area contributed by atoms with E-state index in [4.69, 9.17) is 0 Å². The zero-order chi connectivity index (χ0) is 11.7. The largest absolute Gasteiger partial charge is 0.312 e. The Labute approximate surface area is 101 Å². The van der Waals surface area contributed by atoms with Crippen LogP contribution in [0.5, 0.6) is 0 Å². The summed E-state index contributed by atoms with van der Waals surface area (Å²) in [5.74, 6) is 3.45. The van der Waals surface area contributed by atoms with Gasteiger partial charge in [-0.1, -0.05) is 20.3 Å². The van der Waals surface area contributed by atoms with Crippen LogP contribution in [0.2, 0.25) is 0 Å². The van der Waals surface area contributed by atoms with Gasteiger partial charge in [0.2, 0.25) is 0 Å². The second-order valence-corrected chi connectivity index (χ2v) is 6.67. The van der Waals surface area contributed by atoms with E-state index in [1.54, 1.807) is 0 Å². The van der Waals surface area contributed by atoms with E-state index in [1.165, 1.54) is 37.3 Å². The number of thioether (sulfide) groups is 1. The van der Waals surface area contributed by atoms with Crippen LogP contribution in [-0.2, 0) is 0 Å². The maximum Gasteiger partial charge on any atom is 0.00966 e. The van der Waals surface area contributed by atoms with Gasteiger partial charge in [-0.15, -0.1) is 0 Å². The molecule has 0 amide bonds. The fourth-order valence-corrected chi connectivity index (χ4v) is 2.39. The Morgan fingerprint density at radius 1 is 1.13 bits per heavy atom. The first-order valence-electron chi connectivity index (χ1n) is 6.32. The van der Waals surface area contributed by atoms with Crippen molar-refractivity contribution in [2.75, 3.05) is 18.1 Å². The lowest BCUT2D eigenvalue weighted by atomic mass is 9.99. The molecule has 0 bridgehead atoms. The van der Waals surface area contributed by atoms with E-state index in [1.807, 2.05) is 0 Å². The highest BCUT2D eigenvalue weighted by atomic mass is 32.2. The van der Waals surface area contributed by atoms with Gasteiger partial charge in [0.05, 0.1) is 0 Å². The molecule has 0 spiro atoms. The van der Waals surface area contributed by atoms with Crippen LogP contribution in [0, 0.1) is 5.92 Å². The SMILES string of the molecule is CCCC(CCSCC)CNC(C)(C)C. The van der Waals surface area contributed by atoms with Gasteiger partial charge in [-0.05, 0) is 57.6 Å². The third-order valence-electron chi connectivity index (χ3n) is 2.49. The van der Waals surface area contributed by atoms with Crippen molar-refractivity contribution in [3.05, 3.63) is 0 Å². The molecule has 0 aromatic carbocycles. The zero-order valence-corrected chi connectivity index (χ0v) is 12.0. The number of nitrogens with one attached hydrogen (secondary N) is 1. The molecular formula is C13H29NS. The molecule has 0 fully saturated rings. The van der Waals surface area contributed by atoms with Crippen LogP contribution in [0.15, 0.2) is 0 Å². The van der Waals surface area contributed by atoms with Crippen LogP contribution in [-0.4, -0.2) is 23.6 Å². The summed E-state index contributed by atoms with van der Waals surface area (Å²) < 4.78 is 0. The number of hydrogen-bond donors (Lipinski definition) is 1. The molecule has 0 saturated carbocycles. The molecule has 0 saturated heterocycles. The zero-order valence-electron chi connectivity index (χ0n) is 11.2. The van der Waals surface area contributed by atoms with Gasteiger partial charge in [-0.3, -0.25) is 0 Å². The number of hydrogen-bond acceptors (Lipinski definition) is 2. The van der Waals surface area contributed by atoms with E-state index in [-0.39, 0.29) is 5.54 Å². The highest BCUT2D eigenvalue weighted by Gasteiger charge is 2.13. The van der Waals surface area contributed by atoms with Crippen LogP contribution in [0.4, 0.5) is 0 Å². The lowest BCUT2D eigenvalue weighted by molar-refractivity contribution is 0.352. The molecule has 1 N–H and O–H groups in total. The molecule has 0 aromatic heterocycles. The van der Waals surface area contributed by atoms with Gasteiger partial charge < -0.3 is 5.32 Å². The maximum atomic E-state index is 3.62. The summed E-state index contributed by atoms with van der Waals surface area (Å²) in [4.78, 5) is 0. The minimum atomic E-state index is 0.268. The van der Waals surface area contributed by atoms with Crippen LogP contribution in [0.3, 0.4) is 0 Å². The van der Waals surface area contributed by atoms with E-state index >= 15 is 0 Å². The van der Waals surface area contributed by atoms with Gasteiger partial charge in [0.25, 0.3) is 0 Å². The molecule has 1 nitrogen and oxygen atoms in total. The summed E-state index contributed by atoms with van der Waals surface area (Å²) in [6, 6.07) is 0. The van der Waals surface area contributed by atoms with E-state index in [2.05, 4.69) is 51.7 Å². The van der Waals surface area contributed by atoms with Crippen molar-refractivity contribution in [3.8, 4) is 0 Å². The first-order chi connectivity index (χ1) is 6.99. The van der Waals surface area contributed by atoms with Crippen molar-refractivity contribution in [1.82, 2.24) is 5.32 Å². The molecule has 92 valence electrons. The monoisotopic (exact) mass is 231 g/mol. The van der Waals surface area contributed by atoms with Crippen LogP contribution in [0.25, 0.3) is 0 Å². The molecular weight excluding hydrogens is 202 g/mol. The fourth-order valence-electron chi connectivity index (χ4n) is 1.60. The quantitative estimate of drug-likeness (QED) is 0.635. The van der Waals surface area contributed by atoms with Crippen molar-refractivity contribution >= 4 is 11.8 Å². The molecule has 1 unspecified atom stereocenters. The minimum Gasteiger partial charge on any atom is -0.312 e. The molecule has 2 heteroatoms. The average Bonchev–Trinajstić information content (AvgIpc) is 2.13. The van der Waals surface area contributed by atoms with Crippen LogP contribution in [0.1, 0.15) is 53.9 Å². The van der Waals surface area contributed by atoms with Crippen LogP contribution < -0.4 is 5.32 Å². The summed E-state index contributed by atoms with van der Waals surface area (Å²) in [6.07, 6.45) is 4.05. The molecule has 0 radical (unpaired) electrons. The van der Waals surface area contributed by atoms with Gasteiger partial charge in [0.15, 0.2) is 0 Å². The first-order valence-corrected chi connectivity index (χ1v) is 7.47. The maximum absolute atomic E-state index is 3.62. The summed E-state index contributed by atoms with van der Waals surface area (Å²) in [5, 5.41) is 3.62. The predicted octanol–water partition coefficient (Wildman–Crippen LogP) is 3.93. The summed E-state index contributed by atoms with van der Waals surface area (Å²) in [6.45, 7) is 12.5. The lowest BCUT2D eigenvalue weighted by Gasteiger charge is -2.25. The predicted molar refractivity (Wildman–Crippen MR) is 73.8 cm³/mol. The Hall–Kier alpha value is 0.310. The van der Waals surface area contributed by atoms with Gasteiger partial charge in [0.1, 0.15) is 0 Å². The Balaban J connectivity index is 3.72. The van der Waals surface area contributed by atoms with E-state index in [0.717, 1.165) is 5.92 Å². The van der Waals surface area contributed by atoms with Gasteiger partial charge >= 0.3 is 0 Å². The van der Waals surface area contributed by atoms with E-state index < -0.39 is 0 Å². The summed E-state index contributed by atoms with van der Waals surface area (Å²) in [7, 11) is 0. The fraction of sp³-hybridized carbons (Fsp3) is 1.00. The molecule has 1 atom stereocenters. The molecule has 0 heterocycles. The molecule has 0 aliphatic rings. The van der Waals surface area contributed by atoms with Crippen molar-refractivity contribution in [2.24, 2.45) is 5.92 Å². The highest BCUT2D eigenvalue weighted by molar-refractivity contribution is 7.99. The third-order valence-corrected chi connectivity index (χ3v) is 3.43. The summed E-state index contributed by atoms with van der Waals surface area (Å²) >= 11 is 2.07. The standard InChI is InChI=1S/C13H29NS/c1-6-8-12(9-10-15-7-2)11-14-13(3,4)5/h12,14H,6-11H2,1-5H3. The molecule has 0 aromatic rings. The van der Waals surface area contributed by atoms with Crippen molar-refractivity contribution in [3.63, 3.8) is 0 Å². The smallest absolute Gasteiger partial charge is 0.00966 e. The van der Waals surface area contributed by atoms with Gasteiger partial charge in [-0.25, -0.2) is 0 Å². The van der Waals surface area contributed by atoms with Crippen molar-refractivity contribution in [1.29, 1.82) is 0 Å². The minimum absolute atomic E-state index is 0.268. The van der Waals surface area contributed by atoms with E-state index in [9.17, 15) is 0 Å². The molecule has 0 rings (SSSR count). The lowest BCUT2D eigenvalue weighted by Crippen LogP contribution is -2.39. The first kappa shape index (κ1) is 15.3. The van der Waals surface area contributed by atoms with Gasteiger partial charge in [0, 0.05) is 5.54 Å². The second-order valence-electron chi connectivity index (χ2n) is 5.27. The summed E-state index contributed by atoms with van der Waals surface area (Å²) in [5.41, 5.74) is 0.268. The van der Waals surface area contributed by atoms with Gasteiger partial charge in [-0.2, -0.15) is 11.8 Å². The average molecular weight is 231 g/mol. The van der Waals surface area contributed by atoms with Crippen LogP contribution >= 0.6 is 11.8 Å². The normalized spacial score (nSPS) is 14.2. The highest BCUT2D eigenvalue weighted by Crippen LogP contribution is 2.15. The Morgan fingerprint density at radius 2 is 1.80 bits per heavy atom. The Kier molecular flexibility index (Phi) is 8.64. The molecule has 0 aliphatic carbocycles. The topological polar surface area (TPSA) is 12.0 Å². The number of rotatable bonds is 8. The molecule has 0 aliphatic heterocycles. The Morgan fingerprint density at radius 3 is 2.27 bits per heavy atom. The molecule has 15 heavy (non-hydrogen) atoms. The third kappa shape index (κ3) is 10.6. The van der Waals surface area contributed by atoms with E-state index in [0.29, 0.717) is 0 Å². The van der Waals surface area contributed by atoms with Crippen molar-refractivity contribution in [2.45, 2.75) is 59.4 Å².